The number of benzene rings is 1. The Labute approximate surface area is 111 Å². The Kier molecular flexibility index (Phi) is 4.68. The third-order valence-corrected chi connectivity index (χ3v) is 4.40. The van der Waals surface area contributed by atoms with Crippen LogP contribution in [0.2, 0.25) is 10.0 Å². The summed E-state index contributed by atoms with van der Waals surface area (Å²) in [4.78, 5) is 10.2. The monoisotopic (exact) mass is 316 g/mol. The summed E-state index contributed by atoms with van der Waals surface area (Å²) in [5, 5.41) is 8.28. The summed E-state index contributed by atoms with van der Waals surface area (Å²) in [6, 6.07) is 2.17. The van der Waals surface area contributed by atoms with Gasteiger partial charge in [-0.3, -0.25) is 9.35 Å². The van der Waals surface area contributed by atoms with Crippen LogP contribution in [0.4, 0.5) is 0 Å². The largest absolute Gasteiger partial charge is 0.481 e. The van der Waals surface area contributed by atoms with Crippen LogP contribution in [0.5, 0.6) is 0 Å². The topological polar surface area (TPSA) is 91.7 Å². The van der Waals surface area contributed by atoms with Gasteiger partial charge in [-0.15, -0.1) is 11.8 Å². The highest BCUT2D eigenvalue weighted by atomic mass is 35.5. The number of hydrogen-bond acceptors (Lipinski definition) is 4. The lowest BCUT2D eigenvalue weighted by molar-refractivity contribution is -0.133. The standard InChI is InChI=1S/C8H6Cl2O5S2/c9-4-2-7(17(13,14)15)5(10)1-6(4)16-3-8(11)12/h1-2H,3H2,(H,11,12)(H,13,14,15). The molecule has 0 bridgehead atoms. The molecular formula is C8H6Cl2O5S2. The fourth-order valence-electron chi connectivity index (χ4n) is 0.958. The maximum absolute atomic E-state index is 10.9. The Morgan fingerprint density at radius 2 is 1.88 bits per heavy atom. The Hall–Kier alpha value is -0.470. The van der Waals surface area contributed by atoms with Gasteiger partial charge in [-0.25, -0.2) is 0 Å². The van der Waals surface area contributed by atoms with E-state index in [1.165, 1.54) is 6.07 Å². The third-order valence-electron chi connectivity index (χ3n) is 1.62. The zero-order valence-corrected chi connectivity index (χ0v) is 11.2. The fourth-order valence-corrected chi connectivity index (χ4v) is 3.12. The van der Waals surface area contributed by atoms with Crippen LogP contribution in [-0.2, 0) is 14.9 Å². The molecular weight excluding hydrogens is 311 g/mol. The van der Waals surface area contributed by atoms with Crippen LogP contribution in [0.1, 0.15) is 0 Å². The average Bonchev–Trinajstić information content (AvgIpc) is 2.17. The summed E-state index contributed by atoms with van der Waals surface area (Å²) < 4.78 is 30.6. The number of halogens is 2. The second kappa shape index (κ2) is 5.45. The van der Waals surface area contributed by atoms with Gasteiger partial charge in [0.2, 0.25) is 0 Å². The van der Waals surface area contributed by atoms with Gasteiger partial charge < -0.3 is 5.11 Å². The lowest BCUT2D eigenvalue weighted by atomic mass is 10.3. The number of carboxylic acid groups (broad SMARTS) is 1. The van der Waals surface area contributed by atoms with Crippen molar-refractivity contribution >= 4 is 51.1 Å². The van der Waals surface area contributed by atoms with Gasteiger partial charge in [0.05, 0.1) is 15.8 Å². The molecule has 0 aliphatic carbocycles. The van der Waals surface area contributed by atoms with Gasteiger partial charge in [0.25, 0.3) is 10.1 Å². The summed E-state index contributed by atoms with van der Waals surface area (Å²) >= 11 is 12.3. The molecule has 1 aromatic carbocycles. The van der Waals surface area contributed by atoms with Gasteiger partial charge >= 0.3 is 5.97 Å². The first-order chi connectivity index (χ1) is 7.71. The van der Waals surface area contributed by atoms with Crippen LogP contribution in [0.15, 0.2) is 21.9 Å². The molecule has 9 heteroatoms. The van der Waals surface area contributed by atoms with Crippen LogP contribution in [0, 0.1) is 0 Å². The van der Waals surface area contributed by atoms with Crippen molar-refractivity contribution in [2.24, 2.45) is 0 Å². The van der Waals surface area contributed by atoms with Gasteiger partial charge in [0.15, 0.2) is 0 Å². The number of rotatable bonds is 4. The molecule has 1 rings (SSSR count). The molecule has 0 fully saturated rings. The van der Waals surface area contributed by atoms with Crippen LogP contribution in [0.3, 0.4) is 0 Å². The quantitative estimate of drug-likeness (QED) is 0.654. The number of carboxylic acids is 1. The smallest absolute Gasteiger partial charge is 0.313 e. The van der Waals surface area contributed by atoms with Crippen molar-refractivity contribution in [2.45, 2.75) is 9.79 Å². The first kappa shape index (κ1) is 14.6. The lowest BCUT2D eigenvalue weighted by Crippen LogP contribution is -2.01. The van der Waals surface area contributed by atoms with Crippen molar-refractivity contribution in [3.63, 3.8) is 0 Å². The minimum absolute atomic E-state index is 0.00766. The zero-order chi connectivity index (χ0) is 13.2. The molecule has 0 unspecified atom stereocenters. The maximum Gasteiger partial charge on any atom is 0.313 e. The SMILES string of the molecule is O=C(O)CSc1cc(Cl)c(S(=O)(=O)O)cc1Cl. The summed E-state index contributed by atoms with van der Waals surface area (Å²) in [6.07, 6.45) is 0. The van der Waals surface area contributed by atoms with E-state index in [9.17, 15) is 13.2 Å². The Balaban J connectivity index is 3.14. The van der Waals surface area contributed by atoms with E-state index in [2.05, 4.69) is 0 Å². The zero-order valence-electron chi connectivity index (χ0n) is 8.05. The Morgan fingerprint density at radius 1 is 1.29 bits per heavy atom. The van der Waals surface area contributed by atoms with E-state index in [-0.39, 0.29) is 15.8 Å². The van der Waals surface area contributed by atoms with Crippen molar-refractivity contribution in [3.05, 3.63) is 22.2 Å². The van der Waals surface area contributed by atoms with E-state index in [1.807, 2.05) is 0 Å². The molecule has 0 spiro atoms. The molecule has 0 saturated heterocycles. The minimum Gasteiger partial charge on any atom is -0.481 e. The van der Waals surface area contributed by atoms with Crippen LogP contribution < -0.4 is 0 Å². The average molecular weight is 317 g/mol. The van der Waals surface area contributed by atoms with Gasteiger partial charge in [-0.05, 0) is 12.1 Å². The van der Waals surface area contributed by atoms with E-state index in [4.69, 9.17) is 32.9 Å². The molecule has 5 nitrogen and oxygen atoms in total. The highest BCUT2D eigenvalue weighted by Gasteiger charge is 2.17. The van der Waals surface area contributed by atoms with Crippen molar-refractivity contribution in [2.75, 3.05) is 5.75 Å². The third kappa shape index (κ3) is 4.04. The molecule has 17 heavy (non-hydrogen) atoms. The second-order valence-electron chi connectivity index (χ2n) is 2.87. The van der Waals surface area contributed by atoms with Gasteiger partial charge in [0.1, 0.15) is 4.90 Å². The van der Waals surface area contributed by atoms with Crippen LogP contribution in [-0.4, -0.2) is 29.8 Å². The van der Waals surface area contributed by atoms with E-state index in [1.54, 1.807) is 0 Å². The molecule has 0 radical (unpaired) electrons. The molecule has 0 heterocycles. The molecule has 2 N–H and O–H groups in total. The number of hydrogen-bond donors (Lipinski definition) is 2. The predicted molar refractivity (Wildman–Crippen MR) is 64.6 cm³/mol. The molecule has 0 saturated carbocycles. The van der Waals surface area contributed by atoms with Crippen molar-refractivity contribution in [1.82, 2.24) is 0 Å². The van der Waals surface area contributed by atoms with Gasteiger partial charge in [-0.1, -0.05) is 23.2 Å². The molecule has 0 aliphatic rings. The summed E-state index contributed by atoms with van der Waals surface area (Å²) in [6.45, 7) is 0. The second-order valence-corrected chi connectivity index (χ2v) is 6.09. The fraction of sp³-hybridized carbons (Fsp3) is 0.125. The number of aliphatic carboxylic acids is 1. The highest BCUT2D eigenvalue weighted by molar-refractivity contribution is 8.00. The van der Waals surface area contributed by atoms with Crippen LogP contribution >= 0.6 is 35.0 Å². The lowest BCUT2D eigenvalue weighted by Gasteiger charge is -2.06. The summed E-state index contributed by atoms with van der Waals surface area (Å²) in [7, 11) is -4.45. The minimum atomic E-state index is -4.45. The first-order valence-corrected chi connectivity index (χ1v) is 7.21. The predicted octanol–water partition coefficient (Wildman–Crippen LogP) is 2.42. The Bertz CT molecular complexity index is 555. The Morgan fingerprint density at radius 3 is 2.35 bits per heavy atom. The summed E-state index contributed by atoms with van der Waals surface area (Å²) in [5.41, 5.74) is 0. The molecule has 94 valence electrons. The first-order valence-electron chi connectivity index (χ1n) is 4.03. The maximum atomic E-state index is 10.9. The normalized spacial score (nSPS) is 11.5. The molecule has 0 aromatic heterocycles. The highest BCUT2D eigenvalue weighted by Crippen LogP contribution is 2.34. The molecule has 1 aromatic rings. The number of carbonyl (C=O) groups is 1. The van der Waals surface area contributed by atoms with E-state index in [0.29, 0.717) is 4.90 Å². The van der Waals surface area contributed by atoms with Gasteiger partial charge in [0, 0.05) is 4.90 Å². The molecule has 0 atom stereocenters. The van der Waals surface area contributed by atoms with E-state index in [0.717, 1.165) is 17.8 Å². The van der Waals surface area contributed by atoms with E-state index < -0.39 is 21.0 Å². The van der Waals surface area contributed by atoms with Gasteiger partial charge in [-0.2, -0.15) is 8.42 Å². The van der Waals surface area contributed by atoms with Crippen molar-refractivity contribution in [1.29, 1.82) is 0 Å². The van der Waals surface area contributed by atoms with Crippen molar-refractivity contribution < 1.29 is 22.9 Å². The van der Waals surface area contributed by atoms with E-state index >= 15 is 0 Å². The summed E-state index contributed by atoms with van der Waals surface area (Å²) in [5.74, 6) is -1.28. The number of thioether (sulfide) groups is 1. The molecule has 0 aliphatic heterocycles. The van der Waals surface area contributed by atoms with Crippen molar-refractivity contribution in [3.8, 4) is 0 Å². The van der Waals surface area contributed by atoms with Crippen LogP contribution in [0.25, 0.3) is 0 Å². The molecule has 0 amide bonds.